The Kier molecular flexibility index (Phi) is 5.96. The fourth-order valence-electron chi connectivity index (χ4n) is 1.50. The van der Waals surface area contributed by atoms with Gasteiger partial charge in [-0.3, -0.25) is 4.79 Å². The monoisotopic (exact) mass is 202 g/mol. The lowest BCUT2D eigenvalue weighted by Crippen LogP contribution is -2.34. The molecular weight excluding hydrogens is 180 g/mol. The van der Waals surface area contributed by atoms with Gasteiger partial charge in [-0.05, 0) is 12.8 Å². The predicted molar refractivity (Wildman–Crippen MR) is 55.9 cm³/mol. The summed E-state index contributed by atoms with van der Waals surface area (Å²) in [7, 11) is 0. The maximum absolute atomic E-state index is 11.7. The van der Waals surface area contributed by atoms with Crippen LogP contribution in [-0.4, -0.2) is 28.2 Å². The van der Waals surface area contributed by atoms with Gasteiger partial charge in [-0.1, -0.05) is 27.7 Å². The third-order valence-electron chi connectivity index (χ3n) is 2.89. The number of Topliss-reactive ketones (excluding diaryl/α,β-unsaturated/α-hetero) is 1. The normalized spacial score (nSPS) is 19.9. The zero-order chi connectivity index (χ0) is 11.3. The van der Waals surface area contributed by atoms with Crippen molar-refractivity contribution in [3.8, 4) is 0 Å². The number of aliphatic hydroxyl groups is 2. The highest BCUT2D eigenvalue weighted by molar-refractivity contribution is 5.83. The predicted octanol–water partition coefficient (Wildman–Crippen LogP) is 1.37. The van der Waals surface area contributed by atoms with Crippen LogP contribution >= 0.6 is 0 Å². The van der Waals surface area contributed by atoms with Gasteiger partial charge in [0, 0.05) is 11.8 Å². The van der Waals surface area contributed by atoms with Crippen LogP contribution in [0, 0.1) is 11.8 Å². The molecule has 0 rings (SSSR count). The molecule has 0 aliphatic rings. The van der Waals surface area contributed by atoms with Crippen LogP contribution in [0.25, 0.3) is 0 Å². The number of carbonyl (C=O) groups is 1. The Morgan fingerprint density at radius 1 is 1.00 bits per heavy atom. The molecule has 2 N–H and O–H groups in total. The summed E-state index contributed by atoms with van der Waals surface area (Å²) in [4.78, 5) is 11.7. The van der Waals surface area contributed by atoms with Gasteiger partial charge in [-0.25, -0.2) is 0 Å². The summed E-state index contributed by atoms with van der Waals surface area (Å²) in [5, 5.41) is 19.0. The zero-order valence-corrected chi connectivity index (χ0v) is 9.53. The van der Waals surface area contributed by atoms with Gasteiger partial charge in [0.1, 0.15) is 5.78 Å². The SMILES string of the molecule is CC[C@@H](O)[C@@H](C)C(=O)[C@@H](C)[C@@H](O)CC. The van der Waals surface area contributed by atoms with Crippen LogP contribution < -0.4 is 0 Å². The number of rotatable bonds is 6. The van der Waals surface area contributed by atoms with Crippen molar-refractivity contribution in [2.45, 2.75) is 52.7 Å². The van der Waals surface area contributed by atoms with E-state index in [1.54, 1.807) is 13.8 Å². The van der Waals surface area contributed by atoms with Crippen molar-refractivity contribution in [1.29, 1.82) is 0 Å². The van der Waals surface area contributed by atoms with E-state index in [-0.39, 0.29) is 17.6 Å². The molecule has 0 heterocycles. The first-order chi connectivity index (χ1) is 6.45. The maximum atomic E-state index is 11.7. The van der Waals surface area contributed by atoms with Crippen molar-refractivity contribution in [2.75, 3.05) is 0 Å². The van der Waals surface area contributed by atoms with E-state index in [1.165, 1.54) is 0 Å². The van der Waals surface area contributed by atoms with E-state index >= 15 is 0 Å². The fraction of sp³-hybridized carbons (Fsp3) is 0.909. The average molecular weight is 202 g/mol. The first-order valence-corrected chi connectivity index (χ1v) is 5.35. The number of hydrogen-bond donors (Lipinski definition) is 2. The summed E-state index contributed by atoms with van der Waals surface area (Å²) in [5.41, 5.74) is 0. The molecule has 0 aromatic rings. The van der Waals surface area contributed by atoms with Gasteiger partial charge in [-0.2, -0.15) is 0 Å². The van der Waals surface area contributed by atoms with Crippen LogP contribution in [0.5, 0.6) is 0 Å². The van der Waals surface area contributed by atoms with Crippen LogP contribution in [0.4, 0.5) is 0 Å². The largest absolute Gasteiger partial charge is 0.392 e. The number of carbonyl (C=O) groups excluding carboxylic acids is 1. The summed E-state index contributed by atoms with van der Waals surface area (Å²) in [5.74, 6) is -0.805. The Bertz CT molecular complexity index is 161. The van der Waals surface area contributed by atoms with E-state index in [2.05, 4.69) is 0 Å². The van der Waals surface area contributed by atoms with E-state index in [4.69, 9.17) is 0 Å². The van der Waals surface area contributed by atoms with Gasteiger partial charge in [0.25, 0.3) is 0 Å². The van der Waals surface area contributed by atoms with E-state index in [0.29, 0.717) is 12.8 Å². The Balaban J connectivity index is 4.31. The first-order valence-electron chi connectivity index (χ1n) is 5.35. The van der Waals surface area contributed by atoms with Crippen LogP contribution in [0.1, 0.15) is 40.5 Å². The second-order valence-corrected chi connectivity index (χ2v) is 3.93. The molecule has 0 saturated carbocycles. The summed E-state index contributed by atoms with van der Waals surface area (Å²) in [6, 6.07) is 0. The topological polar surface area (TPSA) is 57.5 Å². The Labute approximate surface area is 86.1 Å². The molecule has 0 aliphatic carbocycles. The molecule has 0 saturated heterocycles. The van der Waals surface area contributed by atoms with Gasteiger partial charge in [0.05, 0.1) is 12.2 Å². The second-order valence-electron chi connectivity index (χ2n) is 3.93. The van der Waals surface area contributed by atoms with Crippen molar-refractivity contribution in [3.05, 3.63) is 0 Å². The fourth-order valence-corrected chi connectivity index (χ4v) is 1.50. The molecule has 0 aromatic heterocycles. The molecule has 0 aromatic carbocycles. The van der Waals surface area contributed by atoms with Crippen LogP contribution in [0.3, 0.4) is 0 Å². The van der Waals surface area contributed by atoms with Crippen LogP contribution in [0.2, 0.25) is 0 Å². The molecule has 3 nitrogen and oxygen atoms in total. The van der Waals surface area contributed by atoms with Crippen molar-refractivity contribution < 1.29 is 15.0 Å². The van der Waals surface area contributed by atoms with Crippen molar-refractivity contribution in [2.24, 2.45) is 11.8 Å². The molecule has 0 amide bonds. The lowest BCUT2D eigenvalue weighted by Gasteiger charge is -2.22. The van der Waals surface area contributed by atoms with Crippen molar-refractivity contribution in [3.63, 3.8) is 0 Å². The molecule has 0 fully saturated rings. The molecule has 0 unspecified atom stereocenters. The number of aliphatic hydroxyl groups excluding tert-OH is 2. The van der Waals surface area contributed by atoms with Crippen molar-refractivity contribution in [1.82, 2.24) is 0 Å². The molecule has 3 heteroatoms. The molecule has 0 radical (unpaired) electrons. The standard InChI is InChI=1S/C11H22O3/c1-5-9(12)7(3)11(14)8(4)10(13)6-2/h7-10,12-13H,5-6H2,1-4H3/t7-,8+,9-,10+. The summed E-state index contributed by atoms with van der Waals surface area (Å²) in [6.45, 7) is 7.12. The van der Waals surface area contributed by atoms with Crippen LogP contribution in [-0.2, 0) is 4.79 Å². The summed E-state index contributed by atoms with van der Waals surface area (Å²) in [6.07, 6.45) is -0.0352. The van der Waals surface area contributed by atoms with E-state index in [0.717, 1.165) is 0 Å². The number of hydrogen-bond acceptors (Lipinski definition) is 3. The van der Waals surface area contributed by atoms with Gasteiger partial charge in [-0.15, -0.1) is 0 Å². The number of ketones is 1. The minimum Gasteiger partial charge on any atom is -0.392 e. The molecule has 0 spiro atoms. The first kappa shape index (κ1) is 13.6. The zero-order valence-electron chi connectivity index (χ0n) is 9.53. The van der Waals surface area contributed by atoms with E-state index in [9.17, 15) is 15.0 Å². The minimum absolute atomic E-state index is 0.0475. The highest BCUT2D eigenvalue weighted by Gasteiger charge is 2.28. The molecule has 0 bridgehead atoms. The van der Waals surface area contributed by atoms with Crippen LogP contribution in [0.15, 0.2) is 0 Å². The Morgan fingerprint density at radius 2 is 1.29 bits per heavy atom. The third kappa shape index (κ3) is 3.39. The molecule has 84 valence electrons. The van der Waals surface area contributed by atoms with Gasteiger partial charge in [0.15, 0.2) is 0 Å². The molecule has 14 heavy (non-hydrogen) atoms. The lowest BCUT2D eigenvalue weighted by atomic mass is 9.86. The van der Waals surface area contributed by atoms with E-state index < -0.39 is 12.2 Å². The highest BCUT2D eigenvalue weighted by atomic mass is 16.3. The van der Waals surface area contributed by atoms with Gasteiger partial charge < -0.3 is 10.2 Å². The molecular formula is C11H22O3. The van der Waals surface area contributed by atoms with Gasteiger partial charge >= 0.3 is 0 Å². The minimum atomic E-state index is -0.589. The maximum Gasteiger partial charge on any atom is 0.143 e. The lowest BCUT2D eigenvalue weighted by molar-refractivity contribution is -0.132. The molecule has 4 atom stereocenters. The third-order valence-corrected chi connectivity index (χ3v) is 2.89. The molecule has 0 aliphatic heterocycles. The summed E-state index contributed by atoms with van der Waals surface area (Å²) >= 11 is 0. The van der Waals surface area contributed by atoms with Crippen molar-refractivity contribution >= 4 is 5.78 Å². The smallest absolute Gasteiger partial charge is 0.143 e. The quantitative estimate of drug-likeness (QED) is 0.684. The summed E-state index contributed by atoms with van der Waals surface area (Å²) < 4.78 is 0. The second kappa shape index (κ2) is 6.14. The Morgan fingerprint density at radius 3 is 1.50 bits per heavy atom. The van der Waals surface area contributed by atoms with Gasteiger partial charge in [0.2, 0.25) is 0 Å². The van der Waals surface area contributed by atoms with E-state index in [1.807, 2.05) is 13.8 Å². The Hall–Kier alpha value is -0.410. The average Bonchev–Trinajstić information content (AvgIpc) is 2.23. The highest BCUT2D eigenvalue weighted by Crippen LogP contribution is 2.17.